The smallest absolute Gasteiger partial charge is 0.253 e. The third kappa shape index (κ3) is 2.88. The molecule has 1 N–H and O–H groups in total. The van der Waals surface area contributed by atoms with Crippen LogP contribution in [-0.4, -0.2) is 59.7 Å². The van der Waals surface area contributed by atoms with Crippen molar-refractivity contribution in [3.8, 4) is 0 Å². The van der Waals surface area contributed by atoms with E-state index in [0.717, 1.165) is 19.3 Å². The van der Waals surface area contributed by atoms with Crippen LogP contribution >= 0.6 is 0 Å². The number of carbonyl (C=O) groups is 3. The molecule has 1 aromatic carbocycles. The Hall–Kier alpha value is -2.37. The second-order valence-electron chi connectivity index (χ2n) is 6.82. The summed E-state index contributed by atoms with van der Waals surface area (Å²) in [6.45, 7) is 1.59. The standard InChI is InChI=1S/C18H23N3O3/c1-11(22)21-14-7-8-16(21)15(10-14)19-17(23)12-5-4-6-13(9-12)18(24)20(2)3/h4-6,9,14-16H,7-8,10H2,1-3H3,(H,19,23)/t14-,15+,16+/m0/s1. The Morgan fingerprint density at radius 1 is 1.17 bits per heavy atom. The Bertz CT molecular complexity index is 686. The van der Waals surface area contributed by atoms with Crippen molar-refractivity contribution in [2.45, 2.75) is 44.3 Å². The Labute approximate surface area is 141 Å². The quantitative estimate of drug-likeness (QED) is 0.908. The van der Waals surface area contributed by atoms with Gasteiger partial charge in [-0.25, -0.2) is 0 Å². The summed E-state index contributed by atoms with van der Waals surface area (Å²) in [5.74, 6) is -0.241. The maximum absolute atomic E-state index is 12.6. The third-order valence-electron chi connectivity index (χ3n) is 4.99. The molecule has 6 nitrogen and oxygen atoms in total. The summed E-state index contributed by atoms with van der Waals surface area (Å²) in [5.41, 5.74) is 0.964. The molecule has 3 amide bonds. The molecular weight excluding hydrogens is 306 g/mol. The highest BCUT2D eigenvalue weighted by atomic mass is 16.2. The highest BCUT2D eigenvalue weighted by Crippen LogP contribution is 2.37. The number of hydrogen-bond donors (Lipinski definition) is 1. The zero-order valence-electron chi connectivity index (χ0n) is 14.3. The Kier molecular flexibility index (Phi) is 4.30. The van der Waals surface area contributed by atoms with E-state index in [4.69, 9.17) is 0 Å². The van der Waals surface area contributed by atoms with Crippen LogP contribution in [0.15, 0.2) is 24.3 Å². The number of rotatable bonds is 3. The summed E-state index contributed by atoms with van der Waals surface area (Å²) in [6, 6.07) is 7.09. The van der Waals surface area contributed by atoms with E-state index in [-0.39, 0.29) is 35.8 Å². The van der Waals surface area contributed by atoms with Crippen LogP contribution in [0.3, 0.4) is 0 Å². The van der Waals surface area contributed by atoms with Crippen LogP contribution < -0.4 is 5.32 Å². The average molecular weight is 329 g/mol. The lowest BCUT2D eigenvalue weighted by atomic mass is 9.95. The minimum Gasteiger partial charge on any atom is -0.347 e. The van der Waals surface area contributed by atoms with E-state index in [1.165, 1.54) is 4.90 Å². The number of fused-ring (bicyclic) bond motifs is 2. The summed E-state index contributed by atoms with van der Waals surface area (Å²) in [7, 11) is 3.36. The third-order valence-corrected chi connectivity index (χ3v) is 4.99. The van der Waals surface area contributed by atoms with Crippen molar-refractivity contribution in [1.82, 2.24) is 15.1 Å². The molecule has 1 aromatic rings. The second-order valence-corrected chi connectivity index (χ2v) is 6.82. The fraction of sp³-hybridized carbons (Fsp3) is 0.500. The number of carbonyl (C=O) groups excluding carboxylic acids is 3. The zero-order chi connectivity index (χ0) is 17.4. The van der Waals surface area contributed by atoms with E-state index < -0.39 is 0 Å². The van der Waals surface area contributed by atoms with E-state index in [9.17, 15) is 14.4 Å². The van der Waals surface area contributed by atoms with Gasteiger partial charge in [0.2, 0.25) is 5.91 Å². The molecule has 2 aliphatic heterocycles. The summed E-state index contributed by atoms with van der Waals surface area (Å²) in [5, 5.41) is 3.05. The van der Waals surface area contributed by atoms with Gasteiger partial charge in [0.25, 0.3) is 11.8 Å². The van der Waals surface area contributed by atoms with Gasteiger partial charge in [-0.05, 0) is 37.5 Å². The molecule has 0 radical (unpaired) electrons. The van der Waals surface area contributed by atoms with Gasteiger partial charge < -0.3 is 15.1 Å². The number of benzene rings is 1. The van der Waals surface area contributed by atoms with Crippen molar-refractivity contribution in [3.05, 3.63) is 35.4 Å². The number of nitrogens with zero attached hydrogens (tertiary/aromatic N) is 2. The van der Waals surface area contributed by atoms with Gasteiger partial charge in [0.1, 0.15) is 0 Å². The van der Waals surface area contributed by atoms with E-state index in [0.29, 0.717) is 11.1 Å². The summed E-state index contributed by atoms with van der Waals surface area (Å²) in [4.78, 5) is 39.8. The van der Waals surface area contributed by atoms with Crippen molar-refractivity contribution in [3.63, 3.8) is 0 Å². The van der Waals surface area contributed by atoms with Crippen LogP contribution in [0.2, 0.25) is 0 Å². The lowest BCUT2D eigenvalue weighted by Gasteiger charge is -2.24. The van der Waals surface area contributed by atoms with Crippen LogP contribution in [0.5, 0.6) is 0 Å². The van der Waals surface area contributed by atoms with E-state index in [1.807, 2.05) is 4.90 Å². The molecular formula is C18H23N3O3. The van der Waals surface area contributed by atoms with Crippen molar-refractivity contribution in [2.75, 3.05) is 14.1 Å². The molecule has 3 rings (SSSR count). The first-order valence-corrected chi connectivity index (χ1v) is 8.30. The number of nitrogens with one attached hydrogen (secondary N) is 1. The van der Waals surface area contributed by atoms with Gasteiger partial charge in [0.05, 0.1) is 12.1 Å². The van der Waals surface area contributed by atoms with Crippen molar-refractivity contribution < 1.29 is 14.4 Å². The van der Waals surface area contributed by atoms with Gasteiger partial charge in [-0.3, -0.25) is 14.4 Å². The van der Waals surface area contributed by atoms with Crippen molar-refractivity contribution >= 4 is 17.7 Å². The molecule has 2 bridgehead atoms. The maximum Gasteiger partial charge on any atom is 0.253 e. The van der Waals surface area contributed by atoms with Gasteiger partial charge in [0.15, 0.2) is 0 Å². The van der Waals surface area contributed by atoms with Crippen LogP contribution in [0.1, 0.15) is 46.9 Å². The predicted octanol–water partition coefficient (Wildman–Crippen LogP) is 1.27. The number of hydrogen-bond acceptors (Lipinski definition) is 3. The second kappa shape index (κ2) is 6.26. The number of amides is 3. The first-order chi connectivity index (χ1) is 11.4. The summed E-state index contributed by atoms with van der Waals surface area (Å²) in [6.07, 6.45) is 2.77. The van der Waals surface area contributed by atoms with E-state index >= 15 is 0 Å². The zero-order valence-corrected chi connectivity index (χ0v) is 14.3. The molecule has 0 aromatic heterocycles. The van der Waals surface area contributed by atoms with Gasteiger partial charge in [-0.15, -0.1) is 0 Å². The Morgan fingerprint density at radius 3 is 2.50 bits per heavy atom. The Balaban J connectivity index is 1.71. The lowest BCUT2D eigenvalue weighted by molar-refractivity contribution is -0.130. The fourth-order valence-electron chi connectivity index (χ4n) is 3.94. The molecule has 0 aliphatic carbocycles. The average Bonchev–Trinajstić information content (AvgIpc) is 3.11. The van der Waals surface area contributed by atoms with Gasteiger partial charge in [-0.1, -0.05) is 6.07 Å². The summed E-state index contributed by atoms with van der Waals surface area (Å²) >= 11 is 0. The largest absolute Gasteiger partial charge is 0.347 e. The first-order valence-electron chi connectivity index (χ1n) is 8.30. The monoisotopic (exact) mass is 329 g/mol. The predicted molar refractivity (Wildman–Crippen MR) is 89.7 cm³/mol. The van der Waals surface area contributed by atoms with Crippen molar-refractivity contribution in [2.24, 2.45) is 0 Å². The Morgan fingerprint density at radius 2 is 1.88 bits per heavy atom. The van der Waals surface area contributed by atoms with Crippen LogP contribution in [0.25, 0.3) is 0 Å². The molecule has 0 unspecified atom stereocenters. The molecule has 2 fully saturated rings. The van der Waals surface area contributed by atoms with Gasteiger partial charge >= 0.3 is 0 Å². The fourth-order valence-corrected chi connectivity index (χ4v) is 3.94. The van der Waals surface area contributed by atoms with Crippen LogP contribution in [0, 0.1) is 0 Å². The molecule has 3 atom stereocenters. The minimum absolute atomic E-state index is 0.00615. The van der Waals surface area contributed by atoms with Crippen LogP contribution in [-0.2, 0) is 4.79 Å². The highest BCUT2D eigenvalue weighted by molar-refractivity contribution is 5.99. The van der Waals surface area contributed by atoms with Crippen molar-refractivity contribution in [1.29, 1.82) is 0 Å². The van der Waals surface area contributed by atoms with Crippen LogP contribution in [0.4, 0.5) is 0 Å². The van der Waals surface area contributed by atoms with Gasteiger partial charge in [-0.2, -0.15) is 0 Å². The molecule has 0 saturated carbocycles. The summed E-state index contributed by atoms with van der Waals surface area (Å²) < 4.78 is 0. The van der Waals surface area contributed by atoms with E-state index in [1.54, 1.807) is 45.3 Å². The lowest BCUT2D eigenvalue weighted by Crippen LogP contribution is -2.44. The SMILES string of the molecule is CC(=O)N1[C@H]2CC[C@@H]1[C@H](NC(=O)c1cccc(C(=O)N(C)C)c1)C2. The molecule has 0 spiro atoms. The first kappa shape index (κ1) is 16.5. The van der Waals surface area contributed by atoms with E-state index in [2.05, 4.69) is 5.32 Å². The maximum atomic E-state index is 12.6. The topological polar surface area (TPSA) is 69.7 Å². The molecule has 2 heterocycles. The molecule has 2 aliphatic rings. The molecule has 128 valence electrons. The molecule has 2 saturated heterocycles. The minimum atomic E-state index is -0.190. The van der Waals surface area contributed by atoms with Gasteiger partial charge in [0, 0.05) is 38.2 Å². The molecule has 24 heavy (non-hydrogen) atoms. The molecule has 6 heteroatoms. The highest BCUT2D eigenvalue weighted by Gasteiger charge is 2.47. The normalized spacial score (nSPS) is 24.8.